The molecule has 35 heavy (non-hydrogen) atoms. The molecule has 1 heterocycles. The van der Waals surface area contributed by atoms with Crippen LogP contribution in [0.25, 0.3) is 11.3 Å². The normalized spacial score (nSPS) is 13.5. The topological polar surface area (TPSA) is 65.7 Å². The highest BCUT2D eigenvalue weighted by atomic mass is 16.7. The van der Waals surface area contributed by atoms with E-state index < -0.39 is 12.3 Å². The molecule has 0 aliphatic heterocycles. The van der Waals surface area contributed by atoms with E-state index in [-0.39, 0.29) is 5.41 Å². The summed E-state index contributed by atoms with van der Waals surface area (Å²) in [7, 11) is 1.72. The van der Waals surface area contributed by atoms with Crippen molar-refractivity contribution in [3.05, 3.63) is 88.7 Å². The fourth-order valence-electron chi connectivity index (χ4n) is 3.76. The largest absolute Gasteiger partial charge is 0.452 e. The number of benzene rings is 2. The van der Waals surface area contributed by atoms with Crippen molar-refractivity contribution in [3.8, 4) is 0 Å². The maximum Gasteiger partial charge on any atom is 0.341 e. The molecule has 0 aliphatic carbocycles. The lowest BCUT2D eigenvalue weighted by molar-refractivity contribution is -0.0514. The van der Waals surface area contributed by atoms with Gasteiger partial charge in [-0.3, -0.25) is 9.67 Å². The van der Waals surface area contributed by atoms with Crippen LogP contribution in [0.4, 0.5) is 0 Å². The van der Waals surface area contributed by atoms with Crippen LogP contribution in [-0.4, -0.2) is 35.3 Å². The fourth-order valence-corrected chi connectivity index (χ4v) is 3.76. The molecule has 2 aromatic carbocycles. The minimum absolute atomic E-state index is 0.0404. The molecule has 6 nitrogen and oxygen atoms in total. The number of nitrogens with zero attached hydrogens (tertiary/aromatic N) is 3. The maximum absolute atomic E-state index is 12.6. The lowest BCUT2D eigenvalue weighted by Gasteiger charge is -2.22. The second-order valence-corrected chi connectivity index (χ2v) is 9.40. The van der Waals surface area contributed by atoms with Gasteiger partial charge < -0.3 is 9.47 Å². The predicted octanol–water partition coefficient (Wildman–Crippen LogP) is 6.30. The van der Waals surface area contributed by atoms with Gasteiger partial charge in [0.25, 0.3) is 0 Å². The highest BCUT2D eigenvalue weighted by Crippen LogP contribution is 2.31. The third-order valence-corrected chi connectivity index (χ3v) is 5.57. The van der Waals surface area contributed by atoms with Crippen LogP contribution in [-0.2, 0) is 21.4 Å². The van der Waals surface area contributed by atoms with E-state index in [1.54, 1.807) is 44.5 Å². The van der Waals surface area contributed by atoms with Gasteiger partial charge in [-0.2, -0.15) is 5.10 Å². The quantitative estimate of drug-likeness (QED) is 0.167. The number of allylic oxidation sites excluding steroid dienone is 1. The van der Waals surface area contributed by atoms with E-state index in [1.165, 1.54) is 5.56 Å². The molecule has 0 aliphatic rings. The van der Waals surface area contributed by atoms with Crippen molar-refractivity contribution in [2.24, 2.45) is 4.99 Å². The smallest absolute Gasteiger partial charge is 0.341 e. The van der Waals surface area contributed by atoms with Gasteiger partial charge in [-0.25, -0.2) is 4.79 Å². The molecule has 1 unspecified atom stereocenters. The van der Waals surface area contributed by atoms with E-state index in [1.807, 2.05) is 30.7 Å². The predicted molar refractivity (Wildman–Crippen MR) is 141 cm³/mol. The average molecular weight is 474 g/mol. The summed E-state index contributed by atoms with van der Waals surface area (Å²) in [6.07, 6.45) is 0.933. The standard InChI is InChI=1S/C29H35N3O3/c1-8-32-26(18-20(2)31-32)27(34-21(3)35-28(33)23-12-10-9-11-13-23)25(19-30-7)22-14-16-24(17-15-22)29(4,5)6/h9-19,21H,8H2,1-7H3/b27-25-,30-19+. The Labute approximate surface area is 208 Å². The molecule has 0 saturated carbocycles. The Kier molecular flexibility index (Phi) is 8.28. The van der Waals surface area contributed by atoms with Gasteiger partial charge in [0.2, 0.25) is 6.29 Å². The summed E-state index contributed by atoms with van der Waals surface area (Å²) in [4.78, 5) is 16.9. The second-order valence-electron chi connectivity index (χ2n) is 9.40. The molecule has 0 radical (unpaired) electrons. The molecule has 0 fully saturated rings. The molecule has 3 aromatic rings. The SMILES string of the molecule is CCn1nc(C)cc1/C(OC(C)OC(=O)c1ccccc1)=C(\C=N\C)c1ccc(C(C)(C)C)cc1. The van der Waals surface area contributed by atoms with Crippen LogP contribution in [0.5, 0.6) is 0 Å². The molecule has 0 amide bonds. The van der Waals surface area contributed by atoms with Crippen LogP contribution in [0.2, 0.25) is 0 Å². The Balaban J connectivity index is 2.07. The number of carbonyl (C=O) groups excluding carboxylic acids is 1. The van der Waals surface area contributed by atoms with Crippen LogP contribution in [0, 0.1) is 6.92 Å². The number of esters is 1. The van der Waals surface area contributed by atoms with E-state index in [2.05, 4.69) is 55.1 Å². The Bertz CT molecular complexity index is 1200. The van der Waals surface area contributed by atoms with Crippen molar-refractivity contribution in [1.29, 1.82) is 0 Å². The van der Waals surface area contributed by atoms with Gasteiger partial charge in [-0.1, -0.05) is 63.2 Å². The highest BCUT2D eigenvalue weighted by Gasteiger charge is 2.22. The minimum Gasteiger partial charge on any atom is -0.452 e. The number of ether oxygens (including phenoxy) is 2. The minimum atomic E-state index is -0.840. The van der Waals surface area contributed by atoms with Gasteiger partial charge in [0.05, 0.1) is 11.3 Å². The van der Waals surface area contributed by atoms with Crippen molar-refractivity contribution >= 4 is 23.5 Å². The number of aliphatic imine (C=N–C) groups is 1. The molecular weight excluding hydrogens is 438 g/mol. The molecule has 1 atom stereocenters. The molecule has 0 spiro atoms. The zero-order valence-corrected chi connectivity index (χ0v) is 21.7. The van der Waals surface area contributed by atoms with E-state index in [0.717, 1.165) is 22.5 Å². The lowest BCUT2D eigenvalue weighted by Crippen LogP contribution is -2.19. The molecule has 0 N–H and O–H groups in total. The lowest BCUT2D eigenvalue weighted by atomic mass is 9.86. The summed E-state index contributed by atoms with van der Waals surface area (Å²) < 4.78 is 13.8. The third kappa shape index (κ3) is 6.47. The highest BCUT2D eigenvalue weighted by molar-refractivity contribution is 6.18. The average Bonchev–Trinajstić information content (AvgIpc) is 3.21. The Morgan fingerprint density at radius 2 is 1.71 bits per heavy atom. The summed E-state index contributed by atoms with van der Waals surface area (Å²) in [5.74, 6) is 0.104. The van der Waals surface area contributed by atoms with Crippen molar-refractivity contribution in [3.63, 3.8) is 0 Å². The van der Waals surface area contributed by atoms with Crippen molar-refractivity contribution in [2.45, 2.75) is 59.8 Å². The van der Waals surface area contributed by atoms with E-state index in [4.69, 9.17) is 9.47 Å². The third-order valence-electron chi connectivity index (χ3n) is 5.57. The molecule has 0 saturated heterocycles. The van der Waals surface area contributed by atoms with Gasteiger partial charge in [0.1, 0.15) is 5.69 Å². The molecule has 1 aromatic heterocycles. The molecule has 184 valence electrons. The number of rotatable bonds is 8. The Morgan fingerprint density at radius 3 is 2.29 bits per heavy atom. The zero-order valence-electron chi connectivity index (χ0n) is 21.7. The first-order valence-electron chi connectivity index (χ1n) is 11.9. The first-order chi connectivity index (χ1) is 16.6. The Morgan fingerprint density at radius 1 is 1.06 bits per heavy atom. The Hall–Kier alpha value is -3.67. The zero-order chi connectivity index (χ0) is 25.6. The van der Waals surface area contributed by atoms with Gasteiger partial charge in [-0.15, -0.1) is 0 Å². The number of aromatic nitrogens is 2. The van der Waals surface area contributed by atoms with Gasteiger partial charge >= 0.3 is 5.97 Å². The van der Waals surface area contributed by atoms with Crippen molar-refractivity contribution < 1.29 is 14.3 Å². The van der Waals surface area contributed by atoms with E-state index in [0.29, 0.717) is 17.9 Å². The number of carbonyl (C=O) groups is 1. The van der Waals surface area contributed by atoms with Gasteiger partial charge in [-0.05, 0) is 48.6 Å². The maximum atomic E-state index is 12.6. The summed E-state index contributed by atoms with van der Waals surface area (Å²) in [6.45, 7) is 12.9. The monoisotopic (exact) mass is 473 g/mol. The number of aryl methyl sites for hydroxylation is 2. The van der Waals surface area contributed by atoms with Gasteiger partial charge in [0, 0.05) is 32.3 Å². The summed E-state index contributed by atoms with van der Waals surface area (Å²) in [6, 6.07) is 19.2. The fraction of sp³-hybridized carbons (Fsp3) is 0.345. The first-order valence-corrected chi connectivity index (χ1v) is 11.9. The van der Waals surface area contributed by atoms with Crippen LogP contribution in [0.3, 0.4) is 0 Å². The molecule has 3 rings (SSSR count). The summed E-state index contributed by atoms with van der Waals surface area (Å²) in [5.41, 5.74) is 5.13. The molecule has 6 heteroatoms. The molecular formula is C29H35N3O3. The summed E-state index contributed by atoms with van der Waals surface area (Å²) >= 11 is 0. The summed E-state index contributed by atoms with van der Waals surface area (Å²) in [5, 5.41) is 4.60. The van der Waals surface area contributed by atoms with E-state index >= 15 is 0 Å². The van der Waals surface area contributed by atoms with Crippen LogP contribution in [0.15, 0.2) is 65.7 Å². The van der Waals surface area contributed by atoms with Gasteiger partial charge in [0.15, 0.2) is 5.76 Å². The van der Waals surface area contributed by atoms with Crippen molar-refractivity contribution in [2.75, 3.05) is 7.05 Å². The van der Waals surface area contributed by atoms with Crippen molar-refractivity contribution in [1.82, 2.24) is 9.78 Å². The number of hydrogen-bond donors (Lipinski definition) is 0. The van der Waals surface area contributed by atoms with E-state index in [9.17, 15) is 4.79 Å². The number of hydrogen-bond acceptors (Lipinski definition) is 5. The molecule has 0 bridgehead atoms. The first kappa shape index (κ1) is 25.9. The van der Waals surface area contributed by atoms with Crippen LogP contribution in [0.1, 0.15) is 67.5 Å². The van der Waals surface area contributed by atoms with Crippen LogP contribution < -0.4 is 0 Å². The van der Waals surface area contributed by atoms with Crippen LogP contribution >= 0.6 is 0 Å². The second kappa shape index (κ2) is 11.2.